The Morgan fingerprint density at radius 2 is 1.76 bits per heavy atom. The van der Waals surface area contributed by atoms with E-state index in [1.165, 1.54) is 31.4 Å². The zero-order valence-electron chi connectivity index (χ0n) is 13.1. The van der Waals surface area contributed by atoms with Crippen molar-refractivity contribution >= 4 is 11.5 Å². The Morgan fingerprint density at radius 3 is 2.33 bits per heavy atom. The van der Waals surface area contributed by atoms with Crippen molar-refractivity contribution in [2.75, 3.05) is 24.7 Å². The van der Waals surface area contributed by atoms with Crippen LogP contribution in [0.15, 0.2) is 24.3 Å². The number of hydrogen-bond donors (Lipinski definition) is 1. The van der Waals surface area contributed by atoms with Gasteiger partial charge in [-0.2, -0.15) is 0 Å². The van der Waals surface area contributed by atoms with E-state index in [0.717, 1.165) is 22.9 Å². The molecule has 1 aliphatic rings. The quantitative estimate of drug-likeness (QED) is 0.939. The lowest BCUT2D eigenvalue weighted by atomic mass is 10.1. The van der Waals surface area contributed by atoms with Crippen molar-refractivity contribution in [3.8, 4) is 11.3 Å². The van der Waals surface area contributed by atoms with Crippen molar-refractivity contribution in [1.29, 1.82) is 0 Å². The van der Waals surface area contributed by atoms with Crippen LogP contribution < -0.4 is 10.6 Å². The van der Waals surface area contributed by atoms with Gasteiger partial charge in [-0.3, -0.25) is 0 Å². The molecule has 0 amide bonds. The Balaban J connectivity index is 1.96. The Bertz CT molecular complexity index is 619. The molecule has 1 saturated carbocycles. The molecular formula is C17H24N4. The van der Waals surface area contributed by atoms with Crippen molar-refractivity contribution in [1.82, 2.24) is 9.55 Å². The second-order valence-corrected chi connectivity index (χ2v) is 6.19. The predicted molar refractivity (Wildman–Crippen MR) is 88.6 cm³/mol. The molecule has 1 heterocycles. The molecule has 0 atom stereocenters. The van der Waals surface area contributed by atoms with E-state index in [2.05, 4.69) is 33.7 Å². The molecule has 2 aromatic rings. The summed E-state index contributed by atoms with van der Waals surface area (Å²) in [6.45, 7) is 0. The topological polar surface area (TPSA) is 47.1 Å². The van der Waals surface area contributed by atoms with E-state index in [1.54, 1.807) is 0 Å². The second kappa shape index (κ2) is 5.43. The van der Waals surface area contributed by atoms with Gasteiger partial charge in [0.15, 0.2) is 0 Å². The molecule has 0 unspecified atom stereocenters. The molecule has 3 rings (SSSR count). The maximum Gasteiger partial charge on any atom is 0.131 e. The third kappa shape index (κ3) is 2.50. The first-order chi connectivity index (χ1) is 10.1. The van der Waals surface area contributed by atoms with E-state index in [4.69, 9.17) is 10.7 Å². The number of nitrogen functional groups attached to an aromatic ring is 1. The molecule has 1 aromatic heterocycles. The fourth-order valence-corrected chi connectivity index (χ4v) is 3.21. The predicted octanol–water partition coefficient (Wildman–Crippen LogP) is 3.39. The van der Waals surface area contributed by atoms with Crippen molar-refractivity contribution in [3.05, 3.63) is 30.1 Å². The van der Waals surface area contributed by atoms with Gasteiger partial charge >= 0.3 is 0 Å². The van der Waals surface area contributed by atoms with Gasteiger partial charge in [-0.15, -0.1) is 0 Å². The molecule has 0 spiro atoms. The molecule has 0 aliphatic heterocycles. The first-order valence-electron chi connectivity index (χ1n) is 7.67. The number of nitrogens with zero attached hydrogens (tertiary/aromatic N) is 3. The van der Waals surface area contributed by atoms with Gasteiger partial charge in [-0.1, -0.05) is 25.0 Å². The van der Waals surface area contributed by atoms with E-state index in [9.17, 15) is 0 Å². The van der Waals surface area contributed by atoms with E-state index in [-0.39, 0.29) is 0 Å². The molecule has 4 nitrogen and oxygen atoms in total. The fourth-order valence-electron chi connectivity index (χ4n) is 3.21. The summed E-state index contributed by atoms with van der Waals surface area (Å²) in [5.41, 5.74) is 9.49. The average molecular weight is 284 g/mol. The van der Waals surface area contributed by atoms with Crippen LogP contribution in [0.1, 0.15) is 37.4 Å². The summed E-state index contributed by atoms with van der Waals surface area (Å²) in [5.74, 6) is 2.50. The Morgan fingerprint density at radius 1 is 1.14 bits per heavy atom. The molecule has 4 heteroatoms. The van der Waals surface area contributed by atoms with E-state index < -0.39 is 0 Å². The van der Waals surface area contributed by atoms with Crippen LogP contribution in [0.25, 0.3) is 11.3 Å². The molecule has 2 N–H and O–H groups in total. The highest BCUT2D eigenvalue weighted by atomic mass is 15.1. The van der Waals surface area contributed by atoms with E-state index >= 15 is 0 Å². The third-order valence-electron chi connectivity index (χ3n) is 4.55. The second-order valence-electron chi connectivity index (χ2n) is 6.19. The van der Waals surface area contributed by atoms with Crippen molar-refractivity contribution in [2.24, 2.45) is 7.05 Å². The smallest absolute Gasteiger partial charge is 0.131 e. The summed E-state index contributed by atoms with van der Waals surface area (Å²) in [5, 5.41) is 0. The zero-order chi connectivity index (χ0) is 15.0. The van der Waals surface area contributed by atoms with Gasteiger partial charge in [0.2, 0.25) is 0 Å². The number of benzene rings is 1. The van der Waals surface area contributed by atoms with Gasteiger partial charge in [-0.25, -0.2) is 4.98 Å². The van der Waals surface area contributed by atoms with Crippen LogP contribution in [0.4, 0.5) is 11.5 Å². The SMILES string of the molecule is CN(C)c1ccc(-c2nc(C3CCCC3)n(C)c2N)cc1. The number of hydrogen-bond acceptors (Lipinski definition) is 3. The lowest BCUT2D eigenvalue weighted by Crippen LogP contribution is -2.08. The number of aromatic nitrogens is 2. The maximum absolute atomic E-state index is 6.29. The normalized spacial score (nSPS) is 15.6. The summed E-state index contributed by atoms with van der Waals surface area (Å²) >= 11 is 0. The van der Waals surface area contributed by atoms with Crippen LogP contribution in [0.3, 0.4) is 0 Å². The molecule has 21 heavy (non-hydrogen) atoms. The largest absolute Gasteiger partial charge is 0.383 e. The zero-order valence-corrected chi connectivity index (χ0v) is 13.1. The Kier molecular flexibility index (Phi) is 3.62. The van der Waals surface area contributed by atoms with Gasteiger partial charge in [0.1, 0.15) is 17.3 Å². The number of rotatable bonds is 3. The maximum atomic E-state index is 6.29. The van der Waals surface area contributed by atoms with Crippen LogP contribution in [0.2, 0.25) is 0 Å². The van der Waals surface area contributed by atoms with Gasteiger partial charge < -0.3 is 15.2 Å². The van der Waals surface area contributed by atoms with Crippen LogP contribution in [0.5, 0.6) is 0 Å². The lowest BCUT2D eigenvalue weighted by Gasteiger charge is -2.12. The van der Waals surface area contributed by atoms with Gasteiger partial charge in [0, 0.05) is 38.3 Å². The highest BCUT2D eigenvalue weighted by Crippen LogP contribution is 2.37. The summed E-state index contributed by atoms with van der Waals surface area (Å²) in [7, 11) is 6.12. The first kappa shape index (κ1) is 14.0. The molecule has 0 bridgehead atoms. The Labute approximate surface area is 126 Å². The monoisotopic (exact) mass is 284 g/mol. The first-order valence-corrected chi connectivity index (χ1v) is 7.67. The summed E-state index contributed by atoms with van der Waals surface area (Å²) in [4.78, 5) is 6.95. The number of anilines is 2. The van der Waals surface area contributed by atoms with Gasteiger partial charge in [-0.05, 0) is 25.0 Å². The van der Waals surface area contributed by atoms with E-state index in [1.807, 2.05) is 21.1 Å². The van der Waals surface area contributed by atoms with Crippen LogP contribution in [-0.2, 0) is 7.05 Å². The third-order valence-corrected chi connectivity index (χ3v) is 4.55. The summed E-state index contributed by atoms with van der Waals surface area (Å²) in [6.07, 6.45) is 5.10. The molecule has 112 valence electrons. The number of nitrogens with two attached hydrogens (primary N) is 1. The standard InChI is InChI=1S/C17H24N4/c1-20(2)14-10-8-12(9-11-14)15-16(18)21(3)17(19-15)13-6-4-5-7-13/h8-11,13H,4-7,18H2,1-3H3. The van der Waals surface area contributed by atoms with Crippen molar-refractivity contribution < 1.29 is 0 Å². The highest BCUT2D eigenvalue weighted by Gasteiger charge is 2.24. The lowest BCUT2D eigenvalue weighted by molar-refractivity contribution is 0.635. The minimum Gasteiger partial charge on any atom is -0.383 e. The molecular weight excluding hydrogens is 260 g/mol. The molecule has 0 saturated heterocycles. The van der Waals surface area contributed by atoms with E-state index in [0.29, 0.717) is 5.92 Å². The fraction of sp³-hybridized carbons (Fsp3) is 0.471. The summed E-state index contributed by atoms with van der Waals surface area (Å²) < 4.78 is 2.07. The molecule has 1 aliphatic carbocycles. The van der Waals surface area contributed by atoms with Gasteiger partial charge in [0.05, 0.1) is 0 Å². The van der Waals surface area contributed by atoms with Crippen LogP contribution in [-0.4, -0.2) is 23.6 Å². The average Bonchev–Trinajstić information content (AvgIpc) is 3.09. The van der Waals surface area contributed by atoms with Crippen molar-refractivity contribution in [3.63, 3.8) is 0 Å². The number of imidazole rings is 1. The minimum absolute atomic E-state index is 0.576. The van der Waals surface area contributed by atoms with Crippen LogP contribution >= 0.6 is 0 Å². The van der Waals surface area contributed by atoms with Crippen LogP contribution in [0, 0.1) is 0 Å². The van der Waals surface area contributed by atoms with Gasteiger partial charge in [0.25, 0.3) is 0 Å². The molecule has 0 radical (unpaired) electrons. The Hall–Kier alpha value is -1.97. The molecule has 1 aromatic carbocycles. The van der Waals surface area contributed by atoms with Crippen molar-refractivity contribution in [2.45, 2.75) is 31.6 Å². The highest BCUT2D eigenvalue weighted by molar-refractivity contribution is 5.72. The summed E-state index contributed by atoms with van der Waals surface area (Å²) in [6, 6.07) is 8.43. The molecule has 1 fully saturated rings. The minimum atomic E-state index is 0.576.